The highest BCUT2D eigenvalue weighted by Gasteiger charge is 2.32. The summed E-state index contributed by atoms with van der Waals surface area (Å²) < 4.78 is 11.2. The highest BCUT2D eigenvalue weighted by molar-refractivity contribution is 8.18. The second-order valence-corrected chi connectivity index (χ2v) is 8.34. The fourth-order valence-corrected chi connectivity index (χ4v) is 4.14. The largest absolute Gasteiger partial charge is 0.507 e. The Hall–Kier alpha value is -3.72. The molecule has 1 aliphatic heterocycles. The molecule has 178 valence electrons. The fourth-order valence-electron chi connectivity index (χ4n) is 3.13. The molecule has 2 aromatic carbocycles. The molecule has 8 nitrogen and oxygen atoms in total. The molecule has 0 atom stereocenters. The predicted molar refractivity (Wildman–Crippen MR) is 133 cm³/mol. The van der Waals surface area contributed by atoms with E-state index in [2.05, 4.69) is 18.5 Å². The van der Waals surface area contributed by atoms with Gasteiger partial charge in [-0.25, -0.2) is 9.79 Å². The van der Waals surface area contributed by atoms with Crippen LogP contribution >= 0.6 is 11.8 Å². The Morgan fingerprint density at radius 1 is 1.24 bits per heavy atom. The van der Waals surface area contributed by atoms with Crippen molar-refractivity contribution in [3.05, 3.63) is 65.1 Å². The Morgan fingerprint density at radius 3 is 2.68 bits per heavy atom. The average molecular weight is 483 g/mol. The van der Waals surface area contributed by atoms with E-state index in [0.29, 0.717) is 33.9 Å². The minimum Gasteiger partial charge on any atom is -0.507 e. The van der Waals surface area contributed by atoms with Crippen LogP contribution in [0.4, 0.5) is 5.69 Å². The lowest BCUT2D eigenvalue weighted by molar-refractivity contribution is -0.121. The molecule has 0 spiro atoms. The van der Waals surface area contributed by atoms with Crippen LogP contribution in [-0.4, -0.2) is 52.4 Å². The van der Waals surface area contributed by atoms with E-state index in [1.165, 1.54) is 34.9 Å². The van der Waals surface area contributed by atoms with Gasteiger partial charge in [0, 0.05) is 12.6 Å². The third-order valence-electron chi connectivity index (χ3n) is 4.88. The summed E-state index contributed by atoms with van der Waals surface area (Å²) in [7, 11) is 1.57. The minimum absolute atomic E-state index is 0.223. The molecule has 1 aliphatic rings. The molecule has 2 N–H and O–H groups in total. The molecule has 2 aromatic rings. The van der Waals surface area contributed by atoms with Gasteiger partial charge >= 0.3 is 5.97 Å². The Kier molecular flexibility index (Phi) is 8.37. The van der Waals surface area contributed by atoms with Crippen LogP contribution in [0.1, 0.15) is 35.7 Å². The molecule has 0 radical (unpaired) electrons. The maximum atomic E-state index is 13.0. The number of amides is 1. The normalized spacial score (nSPS) is 15.7. The predicted octanol–water partition coefficient (Wildman–Crippen LogP) is 5.07. The number of benzene rings is 2. The third kappa shape index (κ3) is 5.79. The van der Waals surface area contributed by atoms with Crippen molar-refractivity contribution in [2.75, 3.05) is 20.3 Å². The van der Waals surface area contributed by atoms with Gasteiger partial charge in [0.25, 0.3) is 5.91 Å². The van der Waals surface area contributed by atoms with Crippen molar-refractivity contribution in [3.63, 3.8) is 0 Å². The lowest BCUT2D eigenvalue weighted by Crippen LogP contribution is -2.29. The summed E-state index contributed by atoms with van der Waals surface area (Å²) in [6, 6.07) is 9.45. The van der Waals surface area contributed by atoms with Crippen LogP contribution in [0.2, 0.25) is 0 Å². The number of ether oxygens (including phenoxy) is 2. The Balaban J connectivity index is 1.89. The second-order valence-electron chi connectivity index (χ2n) is 7.33. The van der Waals surface area contributed by atoms with Gasteiger partial charge in [-0.3, -0.25) is 9.69 Å². The molecular weight excluding hydrogens is 456 g/mol. The van der Waals surface area contributed by atoms with Crippen molar-refractivity contribution in [3.8, 4) is 17.2 Å². The first-order valence-electron chi connectivity index (χ1n) is 10.7. The van der Waals surface area contributed by atoms with E-state index in [1.54, 1.807) is 25.3 Å². The summed E-state index contributed by atoms with van der Waals surface area (Å²) in [5.74, 6) is -0.659. The first-order chi connectivity index (χ1) is 16.4. The molecule has 0 unspecified atom stereocenters. The van der Waals surface area contributed by atoms with E-state index >= 15 is 0 Å². The van der Waals surface area contributed by atoms with Crippen molar-refractivity contribution in [2.24, 2.45) is 4.99 Å². The number of carbonyl (C=O) groups excluding carboxylic acids is 1. The number of carbonyl (C=O) groups is 2. The number of amidine groups is 1. The van der Waals surface area contributed by atoms with Gasteiger partial charge < -0.3 is 19.7 Å². The van der Waals surface area contributed by atoms with Crippen molar-refractivity contribution in [1.29, 1.82) is 0 Å². The number of aromatic hydroxyl groups is 1. The molecule has 0 bridgehead atoms. The minimum atomic E-state index is -1.24. The zero-order valence-corrected chi connectivity index (χ0v) is 19.8. The van der Waals surface area contributed by atoms with Crippen LogP contribution < -0.4 is 9.47 Å². The Bertz CT molecular complexity index is 1160. The van der Waals surface area contributed by atoms with Crippen LogP contribution in [0.5, 0.6) is 17.2 Å². The van der Waals surface area contributed by atoms with Gasteiger partial charge in [0.2, 0.25) is 0 Å². The number of thioether (sulfide) groups is 1. The zero-order valence-electron chi connectivity index (χ0n) is 19.0. The summed E-state index contributed by atoms with van der Waals surface area (Å²) in [6.45, 7) is 6.64. The second kappa shape index (κ2) is 11.4. The van der Waals surface area contributed by atoms with E-state index in [0.717, 1.165) is 18.4 Å². The lowest BCUT2D eigenvalue weighted by Gasteiger charge is -2.12. The van der Waals surface area contributed by atoms with E-state index in [4.69, 9.17) is 14.6 Å². The number of aromatic carboxylic acids is 1. The summed E-state index contributed by atoms with van der Waals surface area (Å²) in [6.07, 6.45) is 5.31. The summed E-state index contributed by atoms with van der Waals surface area (Å²) >= 11 is 1.18. The molecular formula is C25H26N2O6S. The van der Waals surface area contributed by atoms with Gasteiger partial charge in [0.05, 0.1) is 24.3 Å². The SMILES string of the molecule is C=CCN1C(=O)/C(=C/c2ccc(OCCCC)c(OC)c2)SC1=Nc1ccc(C(=O)O)c(O)c1. The summed E-state index contributed by atoms with van der Waals surface area (Å²) in [5.41, 5.74) is 0.862. The molecule has 1 saturated heterocycles. The maximum absolute atomic E-state index is 13.0. The number of phenols is 1. The van der Waals surface area contributed by atoms with Crippen molar-refractivity contribution >= 4 is 40.6 Å². The summed E-state index contributed by atoms with van der Waals surface area (Å²) in [5, 5.41) is 19.4. The fraction of sp³-hybridized carbons (Fsp3) is 0.240. The topological polar surface area (TPSA) is 109 Å². The monoisotopic (exact) mass is 482 g/mol. The van der Waals surface area contributed by atoms with Gasteiger partial charge in [0.15, 0.2) is 16.7 Å². The third-order valence-corrected chi connectivity index (χ3v) is 5.88. The number of aliphatic imine (C=N–C) groups is 1. The van der Waals surface area contributed by atoms with Gasteiger partial charge in [-0.1, -0.05) is 25.5 Å². The standard InChI is InChI=1S/C25H26N2O6S/c1-4-6-12-33-20-10-7-16(13-21(20)32-3)14-22-23(29)27(11-5-2)25(34-22)26-17-8-9-18(24(30)31)19(28)15-17/h5,7-10,13-15,28H,2,4,6,11-12H2,1,3H3,(H,30,31)/b22-14-,26-25?. The van der Waals surface area contributed by atoms with Crippen molar-refractivity contribution in [1.82, 2.24) is 4.90 Å². The van der Waals surface area contributed by atoms with Crippen LogP contribution in [0, 0.1) is 0 Å². The molecule has 9 heteroatoms. The average Bonchev–Trinajstić information content (AvgIpc) is 3.09. The number of hydrogen-bond donors (Lipinski definition) is 2. The number of nitrogens with zero attached hydrogens (tertiary/aromatic N) is 2. The van der Waals surface area contributed by atoms with E-state index in [1.807, 2.05) is 12.1 Å². The van der Waals surface area contributed by atoms with E-state index in [9.17, 15) is 14.7 Å². The highest BCUT2D eigenvalue weighted by atomic mass is 32.2. The van der Waals surface area contributed by atoms with Gasteiger partial charge in [0.1, 0.15) is 11.3 Å². The number of carboxylic acid groups (broad SMARTS) is 1. The molecule has 1 fully saturated rings. The molecule has 0 saturated carbocycles. The smallest absolute Gasteiger partial charge is 0.339 e. The lowest BCUT2D eigenvalue weighted by atomic mass is 10.2. The Labute approximate surface area is 202 Å². The van der Waals surface area contributed by atoms with Gasteiger partial charge in [-0.15, -0.1) is 6.58 Å². The number of rotatable bonds is 10. The van der Waals surface area contributed by atoms with Crippen LogP contribution in [0.3, 0.4) is 0 Å². The highest BCUT2D eigenvalue weighted by Crippen LogP contribution is 2.36. The Morgan fingerprint density at radius 2 is 2.03 bits per heavy atom. The molecule has 34 heavy (non-hydrogen) atoms. The van der Waals surface area contributed by atoms with E-state index < -0.39 is 11.7 Å². The zero-order chi connectivity index (χ0) is 24.7. The van der Waals surface area contributed by atoms with Gasteiger partial charge in [-0.05, 0) is 54.1 Å². The van der Waals surface area contributed by atoms with Gasteiger partial charge in [-0.2, -0.15) is 0 Å². The number of hydrogen-bond acceptors (Lipinski definition) is 7. The summed E-state index contributed by atoms with van der Waals surface area (Å²) in [4.78, 5) is 30.5. The number of methoxy groups -OCH3 is 1. The molecule has 1 amide bonds. The van der Waals surface area contributed by atoms with Crippen molar-refractivity contribution in [2.45, 2.75) is 19.8 Å². The molecule has 3 rings (SSSR count). The first kappa shape index (κ1) is 24.9. The number of unbranched alkanes of at least 4 members (excludes halogenated alkanes) is 1. The maximum Gasteiger partial charge on any atom is 0.339 e. The van der Waals surface area contributed by atoms with Crippen LogP contribution in [0.25, 0.3) is 6.08 Å². The first-order valence-corrected chi connectivity index (χ1v) is 11.5. The van der Waals surface area contributed by atoms with Crippen LogP contribution in [0.15, 0.2) is 59.0 Å². The molecule has 0 aromatic heterocycles. The quantitative estimate of drug-likeness (QED) is 0.276. The number of carboxylic acids is 1. The molecule has 1 heterocycles. The van der Waals surface area contributed by atoms with E-state index in [-0.39, 0.29) is 18.0 Å². The van der Waals surface area contributed by atoms with Crippen LogP contribution in [-0.2, 0) is 4.79 Å². The van der Waals surface area contributed by atoms with Crippen molar-refractivity contribution < 1.29 is 29.3 Å². The molecule has 0 aliphatic carbocycles.